The van der Waals surface area contributed by atoms with Gasteiger partial charge in [0.25, 0.3) is 5.91 Å². The molecule has 26 heavy (non-hydrogen) atoms. The molecule has 2 amide bonds. The molecule has 1 N–H and O–H groups in total. The van der Waals surface area contributed by atoms with E-state index in [0.717, 1.165) is 50.0 Å². The number of hydrogen-bond donors (Lipinski definition) is 1. The van der Waals surface area contributed by atoms with Crippen LogP contribution < -0.4 is 0 Å². The monoisotopic (exact) mass is 358 g/mol. The number of aryl methyl sites for hydroxylation is 2. The minimum Gasteiger partial charge on any atom is -0.396 e. The highest BCUT2D eigenvalue weighted by molar-refractivity contribution is 5.94. The Morgan fingerprint density at radius 2 is 1.88 bits per heavy atom. The second-order valence-corrected chi connectivity index (χ2v) is 7.98. The lowest BCUT2D eigenvalue weighted by molar-refractivity contribution is -0.139. The molecule has 0 saturated carbocycles. The van der Waals surface area contributed by atoms with E-state index in [2.05, 4.69) is 6.92 Å². The van der Waals surface area contributed by atoms with Gasteiger partial charge in [0.15, 0.2) is 0 Å². The van der Waals surface area contributed by atoms with E-state index in [1.54, 1.807) is 0 Å². The number of piperidine rings is 2. The maximum absolute atomic E-state index is 12.8. The van der Waals surface area contributed by atoms with Crippen molar-refractivity contribution in [2.75, 3.05) is 32.8 Å². The summed E-state index contributed by atoms with van der Waals surface area (Å²) in [5, 5.41) is 9.04. The lowest BCUT2D eigenvalue weighted by Crippen LogP contribution is -2.52. The SMILES string of the molecule is Cc1ccc(C(=O)N2CCC3(CCC(=O)N(CCCO)C3)CC2)cc1C. The van der Waals surface area contributed by atoms with Crippen molar-refractivity contribution in [2.24, 2.45) is 5.41 Å². The Morgan fingerprint density at radius 3 is 2.54 bits per heavy atom. The van der Waals surface area contributed by atoms with E-state index in [4.69, 9.17) is 5.11 Å². The zero-order chi connectivity index (χ0) is 18.7. The lowest BCUT2D eigenvalue weighted by Gasteiger charge is -2.47. The van der Waals surface area contributed by atoms with Gasteiger partial charge in [0.1, 0.15) is 0 Å². The van der Waals surface area contributed by atoms with Crippen molar-refractivity contribution in [1.29, 1.82) is 0 Å². The Kier molecular flexibility index (Phi) is 5.66. The van der Waals surface area contributed by atoms with Gasteiger partial charge in [-0.3, -0.25) is 9.59 Å². The topological polar surface area (TPSA) is 60.9 Å². The predicted molar refractivity (Wildman–Crippen MR) is 101 cm³/mol. The number of hydrogen-bond acceptors (Lipinski definition) is 3. The number of carbonyl (C=O) groups excluding carboxylic acids is 2. The highest BCUT2D eigenvalue weighted by Gasteiger charge is 2.41. The fourth-order valence-electron chi connectivity index (χ4n) is 4.22. The van der Waals surface area contributed by atoms with Gasteiger partial charge in [-0.2, -0.15) is 0 Å². The molecule has 2 saturated heterocycles. The largest absolute Gasteiger partial charge is 0.396 e. The van der Waals surface area contributed by atoms with Crippen molar-refractivity contribution >= 4 is 11.8 Å². The average Bonchev–Trinajstić information content (AvgIpc) is 2.65. The molecular weight excluding hydrogens is 328 g/mol. The summed E-state index contributed by atoms with van der Waals surface area (Å²) in [7, 11) is 0. The van der Waals surface area contributed by atoms with Crippen LogP contribution in [0.25, 0.3) is 0 Å². The third kappa shape index (κ3) is 3.93. The van der Waals surface area contributed by atoms with Crippen molar-refractivity contribution < 1.29 is 14.7 Å². The molecule has 142 valence electrons. The molecule has 2 aliphatic heterocycles. The third-order valence-corrected chi connectivity index (χ3v) is 6.20. The van der Waals surface area contributed by atoms with Gasteiger partial charge >= 0.3 is 0 Å². The highest BCUT2D eigenvalue weighted by Crippen LogP contribution is 2.40. The van der Waals surface area contributed by atoms with Crippen molar-refractivity contribution in [3.8, 4) is 0 Å². The normalized spacial score (nSPS) is 19.9. The van der Waals surface area contributed by atoms with Gasteiger partial charge < -0.3 is 14.9 Å². The van der Waals surface area contributed by atoms with E-state index < -0.39 is 0 Å². The molecule has 0 atom stereocenters. The second-order valence-electron chi connectivity index (χ2n) is 7.98. The summed E-state index contributed by atoms with van der Waals surface area (Å²) in [5.74, 6) is 0.324. The van der Waals surface area contributed by atoms with Gasteiger partial charge in [-0.15, -0.1) is 0 Å². The van der Waals surface area contributed by atoms with Crippen LogP contribution in [0.2, 0.25) is 0 Å². The van der Waals surface area contributed by atoms with Crippen LogP contribution in [0.5, 0.6) is 0 Å². The molecule has 0 radical (unpaired) electrons. The molecule has 2 heterocycles. The van der Waals surface area contributed by atoms with E-state index in [9.17, 15) is 9.59 Å². The van der Waals surface area contributed by atoms with Crippen LogP contribution in [0.1, 0.15) is 53.6 Å². The molecule has 0 unspecified atom stereocenters. The zero-order valence-electron chi connectivity index (χ0n) is 16.0. The standard InChI is InChI=1S/C21H30N2O3/c1-16-4-5-18(14-17(16)2)20(26)22-11-8-21(9-12-22)7-6-19(25)23(15-21)10-3-13-24/h4-5,14,24H,3,6-13,15H2,1-2H3. The zero-order valence-corrected chi connectivity index (χ0v) is 16.0. The first-order valence-electron chi connectivity index (χ1n) is 9.69. The average molecular weight is 358 g/mol. The van der Waals surface area contributed by atoms with Crippen LogP contribution in [0, 0.1) is 19.3 Å². The minimum absolute atomic E-state index is 0.118. The Balaban J connectivity index is 1.62. The van der Waals surface area contributed by atoms with Gasteiger partial charge in [0.2, 0.25) is 5.91 Å². The summed E-state index contributed by atoms with van der Waals surface area (Å²) < 4.78 is 0. The summed E-state index contributed by atoms with van der Waals surface area (Å²) in [6.45, 7) is 7.15. The molecule has 1 aromatic carbocycles. The van der Waals surface area contributed by atoms with E-state index in [1.807, 2.05) is 34.9 Å². The maximum Gasteiger partial charge on any atom is 0.253 e. The molecule has 1 spiro atoms. The number of aliphatic hydroxyl groups excluding tert-OH is 1. The molecular formula is C21H30N2O3. The number of benzene rings is 1. The Labute approximate surface area is 156 Å². The molecule has 0 bridgehead atoms. The first-order chi connectivity index (χ1) is 12.4. The molecule has 1 aromatic rings. The van der Waals surface area contributed by atoms with E-state index >= 15 is 0 Å². The van der Waals surface area contributed by atoms with Crippen molar-refractivity contribution in [3.05, 3.63) is 34.9 Å². The fourth-order valence-corrected chi connectivity index (χ4v) is 4.22. The van der Waals surface area contributed by atoms with E-state index in [1.165, 1.54) is 5.56 Å². The highest BCUT2D eigenvalue weighted by atomic mass is 16.3. The molecule has 5 heteroatoms. The van der Waals surface area contributed by atoms with Gasteiger partial charge in [0.05, 0.1) is 0 Å². The molecule has 0 aliphatic carbocycles. The van der Waals surface area contributed by atoms with Gasteiger partial charge in [-0.05, 0) is 68.2 Å². The van der Waals surface area contributed by atoms with E-state index in [0.29, 0.717) is 19.4 Å². The molecule has 2 fully saturated rings. The molecule has 3 rings (SSSR count). The summed E-state index contributed by atoms with van der Waals surface area (Å²) in [5.41, 5.74) is 3.26. The number of amides is 2. The Morgan fingerprint density at radius 1 is 1.15 bits per heavy atom. The number of likely N-dealkylation sites (tertiary alicyclic amines) is 2. The minimum atomic E-state index is 0.118. The van der Waals surface area contributed by atoms with Gasteiger partial charge in [0, 0.05) is 44.8 Å². The molecule has 2 aliphatic rings. The Hall–Kier alpha value is -1.88. The van der Waals surface area contributed by atoms with Gasteiger partial charge in [-0.1, -0.05) is 6.07 Å². The predicted octanol–water partition coefficient (Wildman–Crippen LogP) is 2.53. The van der Waals surface area contributed by atoms with Gasteiger partial charge in [-0.25, -0.2) is 0 Å². The first-order valence-corrected chi connectivity index (χ1v) is 9.69. The Bertz CT molecular complexity index is 678. The van der Waals surface area contributed by atoms with Crippen LogP contribution in [0.3, 0.4) is 0 Å². The third-order valence-electron chi connectivity index (χ3n) is 6.20. The molecule has 0 aromatic heterocycles. The van der Waals surface area contributed by atoms with Crippen molar-refractivity contribution in [1.82, 2.24) is 9.80 Å². The fraction of sp³-hybridized carbons (Fsp3) is 0.619. The van der Waals surface area contributed by atoms with Crippen LogP contribution >= 0.6 is 0 Å². The second kappa shape index (κ2) is 7.78. The number of aliphatic hydroxyl groups is 1. The number of carbonyl (C=O) groups is 2. The smallest absolute Gasteiger partial charge is 0.253 e. The van der Waals surface area contributed by atoms with E-state index in [-0.39, 0.29) is 23.8 Å². The summed E-state index contributed by atoms with van der Waals surface area (Å²) >= 11 is 0. The molecule has 5 nitrogen and oxygen atoms in total. The van der Waals surface area contributed by atoms with Crippen LogP contribution in [0.15, 0.2) is 18.2 Å². The van der Waals surface area contributed by atoms with Crippen molar-refractivity contribution in [2.45, 2.75) is 46.0 Å². The quantitative estimate of drug-likeness (QED) is 0.900. The summed E-state index contributed by atoms with van der Waals surface area (Å²) in [6.07, 6.45) is 4.06. The van der Waals surface area contributed by atoms with Crippen LogP contribution in [-0.2, 0) is 4.79 Å². The summed E-state index contributed by atoms with van der Waals surface area (Å²) in [4.78, 5) is 28.8. The van der Waals surface area contributed by atoms with Crippen molar-refractivity contribution in [3.63, 3.8) is 0 Å². The number of nitrogens with zero attached hydrogens (tertiary/aromatic N) is 2. The number of rotatable bonds is 4. The maximum atomic E-state index is 12.8. The van der Waals surface area contributed by atoms with Crippen LogP contribution in [-0.4, -0.2) is 59.5 Å². The summed E-state index contributed by atoms with van der Waals surface area (Å²) in [6, 6.07) is 5.92. The lowest BCUT2D eigenvalue weighted by atomic mass is 9.72. The first kappa shape index (κ1) is 18.9. The van der Waals surface area contributed by atoms with Crippen LogP contribution in [0.4, 0.5) is 0 Å².